The standard InChI is InChI=1S/C12H15N3O2S/c1-6(2)8(12(16)17)15-11-10-9(13-5-14-11)7(3)4-18-10/h4-6,8H,1-3H3,(H,16,17)(H,13,14,15). The number of hydrogen-bond acceptors (Lipinski definition) is 5. The van der Waals surface area contributed by atoms with Crippen molar-refractivity contribution in [3.63, 3.8) is 0 Å². The number of hydrogen-bond donors (Lipinski definition) is 2. The quantitative estimate of drug-likeness (QED) is 0.888. The second kappa shape index (κ2) is 4.89. The number of fused-ring (bicyclic) bond motifs is 1. The molecule has 2 heterocycles. The summed E-state index contributed by atoms with van der Waals surface area (Å²) in [6.07, 6.45) is 1.46. The van der Waals surface area contributed by atoms with Crippen LogP contribution in [0.1, 0.15) is 19.4 Å². The van der Waals surface area contributed by atoms with E-state index in [1.54, 1.807) is 0 Å². The minimum Gasteiger partial charge on any atom is -0.480 e. The number of nitrogens with one attached hydrogen (secondary N) is 1. The van der Waals surface area contributed by atoms with Gasteiger partial charge in [-0.25, -0.2) is 14.8 Å². The highest BCUT2D eigenvalue weighted by atomic mass is 32.1. The van der Waals surface area contributed by atoms with Crippen molar-refractivity contribution in [1.29, 1.82) is 0 Å². The molecule has 0 aliphatic carbocycles. The number of carboxylic acids is 1. The van der Waals surface area contributed by atoms with Gasteiger partial charge in [-0.3, -0.25) is 0 Å². The predicted octanol–water partition coefficient (Wildman–Crippen LogP) is 2.52. The molecule has 6 heteroatoms. The van der Waals surface area contributed by atoms with E-state index < -0.39 is 12.0 Å². The summed E-state index contributed by atoms with van der Waals surface area (Å²) in [7, 11) is 0. The summed E-state index contributed by atoms with van der Waals surface area (Å²) < 4.78 is 0.905. The van der Waals surface area contributed by atoms with Crippen LogP contribution in [0.3, 0.4) is 0 Å². The molecular weight excluding hydrogens is 250 g/mol. The molecule has 2 rings (SSSR count). The molecule has 96 valence electrons. The fourth-order valence-corrected chi connectivity index (χ4v) is 2.69. The first-order valence-corrected chi connectivity index (χ1v) is 6.56. The largest absolute Gasteiger partial charge is 0.480 e. The Balaban J connectivity index is 2.39. The second-order valence-electron chi connectivity index (χ2n) is 4.52. The fourth-order valence-electron chi connectivity index (χ4n) is 1.73. The van der Waals surface area contributed by atoms with Crippen molar-refractivity contribution in [2.24, 2.45) is 5.92 Å². The zero-order valence-electron chi connectivity index (χ0n) is 10.5. The molecule has 0 saturated carbocycles. The SMILES string of the molecule is Cc1csc2c(NC(C(=O)O)C(C)C)ncnc12. The van der Waals surface area contributed by atoms with Gasteiger partial charge in [-0.1, -0.05) is 13.8 Å². The maximum absolute atomic E-state index is 11.2. The lowest BCUT2D eigenvalue weighted by Gasteiger charge is -2.18. The summed E-state index contributed by atoms with van der Waals surface area (Å²) in [5.41, 5.74) is 1.96. The van der Waals surface area contributed by atoms with E-state index in [-0.39, 0.29) is 5.92 Å². The van der Waals surface area contributed by atoms with Crippen LogP contribution in [0.15, 0.2) is 11.7 Å². The van der Waals surface area contributed by atoms with Gasteiger partial charge >= 0.3 is 5.97 Å². The normalized spacial score (nSPS) is 12.9. The molecule has 0 fully saturated rings. The van der Waals surface area contributed by atoms with E-state index >= 15 is 0 Å². The third-order valence-electron chi connectivity index (χ3n) is 2.76. The minimum absolute atomic E-state index is 0.0198. The Bertz CT molecular complexity index is 580. The monoisotopic (exact) mass is 265 g/mol. The summed E-state index contributed by atoms with van der Waals surface area (Å²) in [6.45, 7) is 5.71. The van der Waals surface area contributed by atoms with Crippen molar-refractivity contribution in [1.82, 2.24) is 9.97 Å². The molecule has 2 aromatic rings. The smallest absolute Gasteiger partial charge is 0.326 e. The Kier molecular flexibility index (Phi) is 3.47. The van der Waals surface area contributed by atoms with E-state index in [4.69, 9.17) is 0 Å². The molecular formula is C12H15N3O2S. The van der Waals surface area contributed by atoms with E-state index in [0.29, 0.717) is 5.82 Å². The number of rotatable bonds is 4. The van der Waals surface area contributed by atoms with Crippen molar-refractivity contribution < 1.29 is 9.90 Å². The van der Waals surface area contributed by atoms with Crippen LogP contribution in [-0.2, 0) is 4.79 Å². The van der Waals surface area contributed by atoms with Crippen molar-refractivity contribution in [3.05, 3.63) is 17.3 Å². The van der Waals surface area contributed by atoms with Gasteiger partial charge < -0.3 is 10.4 Å². The lowest BCUT2D eigenvalue weighted by Crippen LogP contribution is -2.34. The van der Waals surface area contributed by atoms with Crippen molar-refractivity contribution in [2.75, 3.05) is 5.32 Å². The van der Waals surface area contributed by atoms with Crippen LogP contribution in [-0.4, -0.2) is 27.1 Å². The van der Waals surface area contributed by atoms with E-state index in [1.165, 1.54) is 17.7 Å². The van der Waals surface area contributed by atoms with E-state index in [0.717, 1.165) is 15.8 Å². The Labute approximate surface area is 109 Å². The Hall–Kier alpha value is -1.69. The molecule has 0 aliphatic heterocycles. The van der Waals surface area contributed by atoms with Gasteiger partial charge in [0.25, 0.3) is 0 Å². The zero-order chi connectivity index (χ0) is 13.3. The molecule has 0 amide bonds. The first-order valence-electron chi connectivity index (χ1n) is 5.69. The number of carboxylic acid groups (broad SMARTS) is 1. The Morgan fingerprint density at radius 2 is 2.17 bits per heavy atom. The number of aliphatic carboxylic acids is 1. The molecule has 1 unspecified atom stereocenters. The third-order valence-corrected chi connectivity index (χ3v) is 3.85. The predicted molar refractivity (Wildman–Crippen MR) is 72.0 cm³/mol. The average molecular weight is 265 g/mol. The molecule has 2 N–H and O–H groups in total. The molecule has 0 aliphatic rings. The maximum Gasteiger partial charge on any atom is 0.326 e. The van der Waals surface area contributed by atoms with E-state index in [9.17, 15) is 9.90 Å². The van der Waals surface area contributed by atoms with Crippen LogP contribution < -0.4 is 5.32 Å². The van der Waals surface area contributed by atoms with E-state index in [2.05, 4.69) is 15.3 Å². The average Bonchev–Trinajstić information content (AvgIpc) is 2.68. The molecule has 0 radical (unpaired) electrons. The number of thiophene rings is 1. The number of carbonyl (C=O) groups is 1. The minimum atomic E-state index is -0.870. The number of aromatic nitrogens is 2. The van der Waals surface area contributed by atoms with Crippen molar-refractivity contribution in [3.8, 4) is 0 Å². The molecule has 18 heavy (non-hydrogen) atoms. The molecule has 0 saturated heterocycles. The topological polar surface area (TPSA) is 75.1 Å². The first-order chi connectivity index (χ1) is 8.50. The molecule has 0 bridgehead atoms. The van der Waals surface area contributed by atoms with Gasteiger partial charge in [0.15, 0.2) is 0 Å². The van der Waals surface area contributed by atoms with Crippen LogP contribution >= 0.6 is 11.3 Å². The van der Waals surface area contributed by atoms with Gasteiger partial charge in [0.2, 0.25) is 0 Å². The van der Waals surface area contributed by atoms with Gasteiger partial charge in [0.1, 0.15) is 18.2 Å². The van der Waals surface area contributed by atoms with E-state index in [1.807, 2.05) is 26.2 Å². The highest BCUT2D eigenvalue weighted by molar-refractivity contribution is 7.18. The van der Waals surface area contributed by atoms with Gasteiger partial charge in [-0.05, 0) is 23.8 Å². The van der Waals surface area contributed by atoms with Crippen LogP contribution in [0.2, 0.25) is 0 Å². The highest BCUT2D eigenvalue weighted by Crippen LogP contribution is 2.29. The van der Waals surface area contributed by atoms with Gasteiger partial charge in [0.05, 0.1) is 10.2 Å². The Morgan fingerprint density at radius 1 is 1.44 bits per heavy atom. The molecule has 0 spiro atoms. The third kappa shape index (κ3) is 2.28. The lowest BCUT2D eigenvalue weighted by molar-refractivity contribution is -0.138. The fraction of sp³-hybridized carbons (Fsp3) is 0.417. The second-order valence-corrected chi connectivity index (χ2v) is 5.40. The summed E-state index contributed by atoms with van der Waals surface area (Å²) in [5, 5.41) is 14.2. The molecule has 5 nitrogen and oxygen atoms in total. The summed E-state index contributed by atoms with van der Waals surface area (Å²) in [5.74, 6) is -0.294. The van der Waals surface area contributed by atoms with Crippen LogP contribution in [0.5, 0.6) is 0 Å². The molecule has 2 aromatic heterocycles. The Morgan fingerprint density at radius 3 is 2.78 bits per heavy atom. The summed E-state index contributed by atoms with van der Waals surface area (Å²) >= 11 is 1.53. The molecule has 0 aromatic carbocycles. The van der Waals surface area contributed by atoms with Crippen LogP contribution in [0.25, 0.3) is 10.2 Å². The first kappa shape index (κ1) is 12.8. The van der Waals surface area contributed by atoms with Crippen LogP contribution in [0.4, 0.5) is 5.82 Å². The number of nitrogens with zero attached hydrogens (tertiary/aromatic N) is 2. The highest BCUT2D eigenvalue weighted by Gasteiger charge is 2.22. The lowest BCUT2D eigenvalue weighted by atomic mass is 10.1. The summed E-state index contributed by atoms with van der Waals surface area (Å²) in [4.78, 5) is 19.5. The van der Waals surface area contributed by atoms with Gasteiger partial charge in [-0.2, -0.15) is 0 Å². The zero-order valence-corrected chi connectivity index (χ0v) is 11.3. The van der Waals surface area contributed by atoms with Crippen molar-refractivity contribution >= 4 is 33.3 Å². The number of aryl methyl sites for hydroxylation is 1. The van der Waals surface area contributed by atoms with Gasteiger partial charge in [0, 0.05) is 0 Å². The number of anilines is 1. The summed E-state index contributed by atoms with van der Waals surface area (Å²) in [6, 6.07) is -0.648. The maximum atomic E-state index is 11.2. The van der Waals surface area contributed by atoms with Crippen molar-refractivity contribution in [2.45, 2.75) is 26.8 Å². The van der Waals surface area contributed by atoms with Gasteiger partial charge in [-0.15, -0.1) is 11.3 Å². The van der Waals surface area contributed by atoms with Crippen LogP contribution in [0, 0.1) is 12.8 Å². The molecule has 1 atom stereocenters.